The molecule has 0 spiro atoms. The standard InChI is InChI=1S/C19H27NO3S/c1-23-16-11-9-15(10-12-16)19(14-7-8-14)20-18(21)13-24(22)17-5-3-2-4-6-17/h9-12,14,17,19H,2-8,13H2,1H3,(H,20,21). The van der Waals surface area contributed by atoms with Crippen LogP contribution in [0.2, 0.25) is 0 Å². The van der Waals surface area contributed by atoms with Crippen molar-refractivity contribution in [2.24, 2.45) is 5.92 Å². The van der Waals surface area contributed by atoms with E-state index in [1.807, 2.05) is 24.3 Å². The third-order valence-electron chi connectivity index (χ3n) is 5.08. The number of hydrogen-bond acceptors (Lipinski definition) is 3. The second kappa shape index (κ2) is 8.15. The number of nitrogens with one attached hydrogen (secondary N) is 1. The van der Waals surface area contributed by atoms with Gasteiger partial charge in [-0.05, 0) is 49.3 Å². The Morgan fingerprint density at radius 2 is 1.83 bits per heavy atom. The van der Waals surface area contributed by atoms with Gasteiger partial charge < -0.3 is 10.1 Å². The minimum atomic E-state index is -1.04. The van der Waals surface area contributed by atoms with E-state index in [-0.39, 0.29) is 23.0 Å². The smallest absolute Gasteiger partial charge is 0.233 e. The summed E-state index contributed by atoms with van der Waals surface area (Å²) in [6.07, 6.45) is 7.82. The fourth-order valence-corrected chi connectivity index (χ4v) is 4.94. The van der Waals surface area contributed by atoms with Crippen LogP contribution in [0.4, 0.5) is 0 Å². The number of rotatable bonds is 7. The van der Waals surface area contributed by atoms with Crippen LogP contribution in [-0.4, -0.2) is 28.2 Å². The van der Waals surface area contributed by atoms with E-state index in [1.54, 1.807) is 7.11 Å². The van der Waals surface area contributed by atoms with E-state index in [2.05, 4.69) is 5.32 Å². The molecule has 3 rings (SSSR count). The molecular weight excluding hydrogens is 322 g/mol. The van der Waals surface area contributed by atoms with Crippen molar-refractivity contribution in [2.45, 2.75) is 56.2 Å². The third kappa shape index (κ3) is 4.59. The Kier molecular flexibility index (Phi) is 5.93. The highest BCUT2D eigenvalue weighted by molar-refractivity contribution is 7.86. The van der Waals surface area contributed by atoms with E-state index >= 15 is 0 Å². The van der Waals surface area contributed by atoms with Crippen LogP contribution in [0.15, 0.2) is 24.3 Å². The first-order chi connectivity index (χ1) is 11.7. The van der Waals surface area contributed by atoms with Gasteiger partial charge in [0.15, 0.2) is 0 Å². The molecule has 0 heterocycles. The molecule has 4 nitrogen and oxygen atoms in total. The van der Waals surface area contributed by atoms with Crippen LogP contribution in [0.1, 0.15) is 56.6 Å². The first kappa shape index (κ1) is 17.5. The maximum Gasteiger partial charge on any atom is 0.233 e. The van der Waals surface area contributed by atoms with Gasteiger partial charge in [0.05, 0.1) is 13.2 Å². The zero-order valence-corrected chi connectivity index (χ0v) is 15.1. The van der Waals surface area contributed by atoms with Crippen molar-refractivity contribution >= 4 is 16.7 Å². The first-order valence-electron chi connectivity index (χ1n) is 8.98. The molecule has 2 aliphatic rings. The van der Waals surface area contributed by atoms with Crippen molar-refractivity contribution in [1.29, 1.82) is 0 Å². The Hall–Kier alpha value is -1.36. The van der Waals surface area contributed by atoms with E-state index < -0.39 is 10.8 Å². The van der Waals surface area contributed by atoms with Gasteiger partial charge in [0.25, 0.3) is 0 Å². The molecule has 0 saturated heterocycles. The number of benzene rings is 1. The zero-order valence-electron chi connectivity index (χ0n) is 14.3. The minimum Gasteiger partial charge on any atom is -0.497 e. The van der Waals surface area contributed by atoms with Crippen LogP contribution in [0.3, 0.4) is 0 Å². The highest BCUT2D eigenvalue weighted by Gasteiger charge is 2.34. The number of ether oxygens (including phenoxy) is 1. The summed E-state index contributed by atoms with van der Waals surface area (Å²) in [7, 11) is 0.609. The Balaban J connectivity index is 1.58. The molecule has 2 fully saturated rings. The zero-order chi connectivity index (χ0) is 16.9. The molecule has 0 aromatic heterocycles. The van der Waals surface area contributed by atoms with Crippen molar-refractivity contribution in [3.05, 3.63) is 29.8 Å². The molecule has 1 amide bonds. The number of carbonyl (C=O) groups excluding carboxylic acids is 1. The molecule has 2 atom stereocenters. The predicted molar refractivity (Wildman–Crippen MR) is 96.5 cm³/mol. The van der Waals surface area contributed by atoms with Gasteiger partial charge in [-0.2, -0.15) is 0 Å². The molecule has 0 aliphatic heterocycles. The van der Waals surface area contributed by atoms with Crippen molar-refractivity contribution < 1.29 is 13.7 Å². The van der Waals surface area contributed by atoms with Crippen LogP contribution in [0, 0.1) is 5.92 Å². The molecule has 24 heavy (non-hydrogen) atoms. The van der Waals surface area contributed by atoms with Gasteiger partial charge in [-0.3, -0.25) is 9.00 Å². The van der Waals surface area contributed by atoms with E-state index in [0.29, 0.717) is 5.92 Å². The predicted octanol–water partition coefficient (Wildman–Crippen LogP) is 3.34. The van der Waals surface area contributed by atoms with Crippen molar-refractivity contribution in [2.75, 3.05) is 12.9 Å². The summed E-state index contributed by atoms with van der Waals surface area (Å²) in [5.74, 6) is 1.39. The van der Waals surface area contributed by atoms with Gasteiger partial charge in [0, 0.05) is 16.0 Å². The molecule has 0 radical (unpaired) electrons. The lowest BCUT2D eigenvalue weighted by molar-refractivity contribution is -0.119. The number of methoxy groups -OCH3 is 1. The number of hydrogen-bond donors (Lipinski definition) is 1. The van der Waals surface area contributed by atoms with E-state index in [1.165, 1.54) is 6.42 Å². The van der Waals surface area contributed by atoms with Gasteiger partial charge in [0.2, 0.25) is 5.91 Å². The van der Waals surface area contributed by atoms with Crippen molar-refractivity contribution in [1.82, 2.24) is 5.32 Å². The van der Waals surface area contributed by atoms with E-state index in [4.69, 9.17) is 4.74 Å². The first-order valence-corrected chi connectivity index (χ1v) is 10.4. The molecule has 1 N–H and O–H groups in total. The molecule has 1 aromatic carbocycles. The molecule has 132 valence electrons. The summed E-state index contributed by atoms with van der Waals surface area (Å²) in [6.45, 7) is 0. The Morgan fingerprint density at radius 3 is 2.42 bits per heavy atom. The SMILES string of the molecule is COc1ccc(C(NC(=O)CS(=O)C2CCCCC2)C2CC2)cc1. The van der Waals surface area contributed by atoms with Gasteiger partial charge in [-0.1, -0.05) is 31.4 Å². The Labute approximate surface area is 146 Å². The Bertz CT molecular complexity index is 577. The van der Waals surface area contributed by atoms with Gasteiger partial charge in [0.1, 0.15) is 11.5 Å². The summed E-state index contributed by atoms with van der Waals surface area (Å²) in [6, 6.07) is 7.92. The summed E-state index contributed by atoms with van der Waals surface area (Å²) < 4.78 is 17.6. The van der Waals surface area contributed by atoms with Crippen LogP contribution in [-0.2, 0) is 15.6 Å². The van der Waals surface area contributed by atoms with E-state index in [9.17, 15) is 9.00 Å². The molecule has 2 aliphatic carbocycles. The van der Waals surface area contributed by atoms with Crippen molar-refractivity contribution in [3.8, 4) is 5.75 Å². The fraction of sp³-hybridized carbons (Fsp3) is 0.632. The molecule has 2 saturated carbocycles. The van der Waals surface area contributed by atoms with Crippen LogP contribution >= 0.6 is 0 Å². The molecule has 0 bridgehead atoms. The topological polar surface area (TPSA) is 55.4 Å². The summed E-state index contributed by atoms with van der Waals surface area (Å²) in [4.78, 5) is 12.4. The summed E-state index contributed by atoms with van der Waals surface area (Å²) >= 11 is 0. The monoisotopic (exact) mass is 349 g/mol. The second-order valence-electron chi connectivity index (χ2n) is 6.94. The molecule has 1 aromatic rings. The highest BCUT2D eigenvalue weighted by atomic mass is 32.2. The molecular formula is C19H27NO3S. The van der Waals surface area contributed by atoms with Crippen LogP contribution < -0.4 is 10.1 Å². The van der Waals surface area contributed by atoms with E-state index in [0.717, 1.165) is 49.8 Å². The maximum absolute atomic E-state index is 12.4. The largest absolute Gasteiger partial charge is 0.497 e. The van der Waals surface area contributed by atoms with Crippen molar-refractivity contribution in [3.63, 3.8) is 0 Å². The van der Waals surface area contributed by atoms with Crippen LogP contribution in [0.5, 0.6) is 5.75 Å². The summed E-state index contributed by atoms with van der Waals surface area (Å²) in [5, 5.41) is 3.34. The quantitative estimate of drug-likeness (QED) is 0.821. The highest BCUT2D eigenvalue weighted by Crippen LogP contribution is 2.41. The minimum absolute atomic E-state index is 0.0340. The third-order valence-corrected chi connectivity index (χ3v) is 6.84. The average molecular weight is 349 g/mol. The Morgan fingerprint density at radius 1 is 1.17 bits per heavy atom. The summed E-state index contributed by atoms with van der Waals surface area (Å²) in [5.41, 5.74) is 1.11. The lowest BCUT2D eigenvalue weighted by atomic mass is 10.0. The average Bonchev–Trinajstić information content (AvgIpc) is 3.45. The lowest BCUT2D eigenvalue weighted by Gasteiger charge is -2.22. The van der Waals surface area contributed by atoms with Gasteiger partial charge in [-0.15, -0.1) is 0 Å². The van der Waals surface area contributed by atoms with Gasteiger partial charge in [-0.25, -0.2) is 0 Å². The lowest BCUT2D eigenvalue weighted by Crippen LogP contribution is -2.35. The maximum atomic E-state index is 12.4. The number of carbonyl (C=O) groups is 1. The normalized spacial score (nSPS) is 21.0. The van der Waals surface area contributed by atoms with Crippen LogP contribution in [0.25, 0.3) is 0 Å². The number of amides is 1. The second-order valence-corrected chi connectivity index (χ2v) is 8.66. The van der Waals surface area contributed by atoms with Gasteiger partial charge >= 0.3 is 0 Å². The molecule has 2 unspecified atom stereocenters. The molecule has 5 heteroatoms. The fourth-order valence-electron chi connectivity index (χ4n) is 3.50.